The van der Waals surface area contributed by atoms with Crippen molar-refractivity contribution in [3.05, 3.63) is 57.6 Å². The molecule has 2 aromatic carbocycles. The van der Waals surface area contributed by atoms with Gasteiger partial charge in [0.1, 0.15) is 5.75 Å². The number of piperazine rings is 1. The van der Waals surface area contributed by atoms with Gasteiger partial charge in [-0.25, -0.2) is 0 Å². The summed E-state index contributed by atoms with van der Waals surface area (Å²) in [7, 11) is 0. The third kappa shape index (κ3) is 4.78. The third-order valence-electron chi connectivity index (χ3n) is 5.19. The molecule has 0 unspecified atom stereocenters. The van der Waals surface area contributed by atoms with Crippen LogP contribution in [0.5, 0.6) is 5.75 Å². The van der Waals surface area contributed by atoms with Crippen molar-refractivity contribution in [2.45, 2.75) is 13.0 Å². The number of fused-ring (bicyclic) bond motifs is 1. The number of rotatable bonds is 5. The zero-order valence-electron chi connectivity index (χ0n) is 15.6. The van der Waals surface area contributed by atoms with Crippen molar-refractivity contribution in [1.82, 2.24) is 9.80 Å². The van der Waals surface area contributed by atoms with Gasteiger partial charge in [-0.15, -0.1) is 0 Å². The number of hydrogen-bond donors (Lipinski definition) is 1. The Bertz CT molecular complexity index is 867. The molecule has 0 bridgehead atoms. The second-order valence-corrected chi connectivity index (χ2v) is 8.11. The molecule has 4 rings (SSSR count). The van der Waals surface area contributed by atoms with Gasteiger partial charge in [0.05, 0.1) is 23.9 Å². The summed E-state index contributed by atoms with van der Waals surface area (Å²) in [6, 6.07) is 11.5. The number of amides is 1. The van der Waals surface area contributed by atoms with Crippen LogP contribution in [0.1, 0.15) is 11.1 Å². The highest BCUT2D eigenvalue weighted by atomic mass is 35.5. The fourth-order valence-electron chi connectivity index (χ4n) is 3.69. The molecule has 1 N–H and O–H groups in total. The summed E-state index contributed by atoms with van der Waals surface area (Å²) < 4.78 is 5.58. The Morgan fingerprint density at radius 3 is 2.64 bits per heavy atom. The summed E-state index contributed by atoms with van der Waals surface area (Å²) in [5, 5.41) is 3.89. The molecule has 2 aliphatic rings. The number of carbonyl (C=O) groups is 1. The number of hydrogen-bond acceptors (Lipinski definition) is 4. The summed E-state index contributed by atoms with van der Waals surface area (Å²) in [5.74, 6) is 0.954. The molecule has 1 saturated heterocycles. The summed E-state index contributed by atoms with van der Waals surface area (Å²) in [6.07, 6.45) is 1.00. The zero-order valence-corrected chi connectivity index (χ0v) is 17.1. The van der Waals surface area contributed by atoms with Gasteiger partial charge in [-0.05, 0) is 35.4 Å². The van der Waals surface area contributed by atoms with Gasteiger partial charge in [-0.2, -0.15) is 0 Å². The van der Waals surface area contributed by atoms with E-state index in [0.29, 0.717) is 22.3 Å². The standard InChI is InChI=1S/C21H23Cl2N3O2/c22-17-2-3-18(23)19(12-17)24-21(27)14-26-8-6-25(7-9-26)13-15-1-4-20-16(11-15)5-10-28-20/h1-4,11-12H,5-10,13-14H2,(H,24,27). The lowest BCUT2D eigenvalue weighted by Gasteiger charge is -2.34. The largest absolute Gasteiger partial charge is 0.493 e. The molecule has 1 fully saturated rings. The SMILES string of the molecule is O=C(CN1CCN(Cc2ccc3c(c2)CCO3)CC1)Nc1cc(Cl)ccc1Cl. The molecule has 0 aliphatic carbocycles. The van der Waals surface area contributed by atoms with Crippen LogP contribution in [0.15, 0.2) is 36.4 Å². The number of halogens is 2. The summed E-state index contributed by atoms with van der Waals surface area (Å²) in [5.41, 5.74) is 3.19. The quantitative estimate of drug-likeness (QED) is 0.802. The first-order chi connectivity index (χ1) is 13.6. The number of carbonyl (C=O) groups excluding carboxylic acids is 1. The minimum Gasteiger partial charge on any atom is -0.493 e. The third-order valence-corrected chi connectivity index (χ3v) is 5.76. The van der Waals surface area contributed by atoms with Gasteiger partial charge in [0.15, 0.2) is 0 Å². The lowest BCUT2D eigenvalue weighted by molar-refractivity contribution is -0.117. The Labute approximate surface area is 175 Å². The molecule has 2 aliphatic heterocycles. The fraction of sp³-hybridized carbons (Fsp3) is 0.381. The van der Waals surface area contributed by atoms with Gasteiger partial charge in [0, 0.05) is 44.2 Å². The molecule has 0 atom stereocenters. The molecule has 0 spiro atoms. The van der Waals surface area contributed by atoms with E-state index in [0.717, 1.165) is 51.5 Å². The minimum absolute atomic E-state index is 0.0729. The van der Waals surface area contributed by atoms with Gasteiger partial charge >= 0.3 is 0 Å². The van der Waals surface area contributed by atoms with Gasteiger partial charge < -0.3 is 10.1 Å². The van der Waals surface area contributed by atoms with Crippen LogP contribution in [-0.2, 0) is 17.8 Å². The van der Waals surface area contributed by atoms with Crippen LogP contribution in [0.3, 0.4) is 0 Å². The van der Waals surface area contributed by atoms with E-state index in [9.17, 15) is 4.79 Å². The molecule has 5 nitrogen and oxygen atoms in total. The first-order valence-electron chi connectivity index (χ1n) is 9.51. The van der Waals surface area contributed by atoms with Crippen LogP contribution in [-0.4, -0.2) is 55.0 Å². The van der Waals surface area contributed by atoms with E-state index in [2.05, 4.69) is 33.3 Å². The van der Waals surface area contributed by atoms with Crippen LogP contribution >= 0.6 is 23.2 Å². The highest BCUT2D eigenvalue weighted by Crippen LogP contribution is 2.27. The average Bonchev–Trinajstić information content (AvgIpc) is 3.14. The monoisotopic (exact) mass is 419 g/mol. The first-order valence-corrected chi connectivity index (χ1v) is 10.3. The molecule has 28 heavy (non-hydrogen) atoms. The van der Waals surface area contributed by atoms with E-state index in [-0.39, 0.29) is 5.91 Å². The molecule has 2 aromatic rings. The highest BCUT2D eigenvalue weighted by molar-refractivity contribution is 6.35. The van der Waals surface area contributed by atoms with Gasteiger partial charge in [-0.1, -0.05) is 35.3 Å². The lowest BCUT2D eigenvalue weighted by atomic mass is 10.1. The van der Waals surface area contributed by atoms with Crippen molar-refractivity contribution in [2.24, 2.45) is 0 Å². The average molecular weight is 420 g/mol. The predicted molar refractivity (Wildman–Crippen MR) is 112 cm³/mol. The molecular formula is C21H23Cl2N3O2. The molecule has 7 heteroatoms. The highest BCUT2D eigenvalue weighted by Gasteiger charge is 2.20. The number of benzene rings is 2. The molecule has 2 heterocycles. The van der Waals surface area contributed by atoms with Gasteiger partial charge in [0.2, 0.25) is 5.91 Å². The lowest BCUT2D eigenvalue weighted by Crippen LogP contribution is -2.48. The molecule has 148 valence electrons. The summed E-state index contributed by atoms with van der Waals surface area (Å²) in [4.78, 5) is 16.9. The zero-order chi connectivity index (χ0) is 19.5. The molecular weight excluding hydrogens is 397 g/mol. The minimum atomic E-state index is -0.0729. The maximum Gasteiger partial charge on any atom is 0.238 e. The smallest absolute Gasteiger partial charge is 0.238 e. The van der Waals surface area contributed by atoms with Crippen LogP contribution in [0, 0.1) is 0 Å². The van der Waals surface area contributed by atoms with Crippen molar-refractivity contribution in [3.63, 3.8) is 0 Å². The second-order valence-electron chi connectivity index (χ2n) is 7.27. The first kappa shape index (κ1) is 19.5. The van der Waals surface area contributed by atoms with E-state index in [4.69, 9.17) is 27.9 Å². The van der Waals surface area contributed by atoms with Crippen LogP contribution in [0.25, 0.3) is 0 Å². The van der Waals surface area contributed by atoms with Gasteiger partial charge in [0.25, 0.3) is 0 Å². The number of nitrogens with one attached hydrogen (secondary N) is 1. The second kappa shape index (κ2) is 8.70. The Kier molecular flexibility index (Phi) is 6.07. The summed E-state index contributed by atoms with van der Waals surface area (Å²) in [6.45, 7) is 5.70. The van der Waals surface area contributed by atoms with E-state index in [1.807, 2.05) is 0 Å². The number of ether oxygens (including phenoxy) is 1. The Hall–Kier alpha value is -1.79. The summed E-state index contributed by atoms with van der Waals surface area (Å²) >= 11 is 12.1. The Balaban J connectivity index is 1.25. The fourth-order valence-corrected chi connectivity index (χ4v) is 4.02. The van der Waals surface area contributed by atoms with Crippen molar-refractivity contribution >= 4 is 34.8 Å². The molecule has 0 aromatic heterocycles. The van der Waals surface area contributed by atoms with E-state index < -0.39 is 0 Å². The predicted octanol–water partition coefficient (Wildman–Crippen LogP) is 3.68. The van der Waals surface area contributed by atoms with Crippen LogP contribution in [0.4, 0.5) is 5.69 Å². The molecule has 0 saturated carbocycles. The number of anilines is 1. The van der Waals surface area contributed by atoms with Crippen molar-refractivity contribution in [1.29, 1.82) is 0 Å². The van der Waals surface area contributed by atoms with Crippen molar-refractivity contribution in [2.75, 3.05) is 44.6 Å². The maximum absolute atomic E-state index is 12.3. The topological polar surface area (TPSA) is 44.8 Å². The normalized spacial score (nSPS) is 17.2. The number of nitrogens with zero attached hydrogens (tertiary/aromatic N) is 2. The Morgan fingerprint density at radius 2 is 1.82 bits per heavy atom. The van der Waals surface area contributed by atoms with E-state index in [1.165, 1.54) is 11.1 Å². The molecule has 0 radical (unpaired) electrons. The van der Waals surface area contributed by atoms with E-state index >= 15 is 0 Å². The Morgan fingerprint density at radius 1 is 1.04 bits per heavy atom. The van der Waals surface area contributed by atoms with Crippen LogP contribution in [0.2, 0.25) is 10.0 Å². The van der Waals surface area contributed by atoms with Crippen molar-refractivity contribution in [3.8, 4) is 5.75 Å². The van der Waals surface area contributed by atoms with Crippen LogP contribution < -0.4 is 10.1 Å². The molecule has 1 amide bonds. The van der Waals surface area contributed by atoms with E-state index in [1.54, 1.807) is 18.2 Å². The van der Waals surface area contributed by atoms with Gasteiger partial charge in [-0.3, -0.25) is 14.6 Å². The van der Waals surface area contributed by atoms with Crippen molar-refractivity contribution < 1.29 is 9.53 Å². The maximum atomic E-state index is 12.3.